The summed E-state index contributed by atoms with van der Waals surface area (Å²) in [6.07, 6.45) is 0.327. The van der Waals surface area contributed by atoms with Gasteiger partial charge in [0, 0.05) is 13.7 Å². The maximum atomic E-state index is 11.9. The molecule has 33 heavy (non-hydrogen) atoms. The monoisotopic (exact) mass is 492 g/mol. The van der Waals surface area contributed by atoms with Gasteiger partial charge in [-0.1, -0.05) is 17.7 Å². The van der Waals surface area contributed by atoms with Crippen molar-refractivity contribution in [1.82, 2.24) is 0 Å². The zero-order valence-electron chi connectivity index (χ0n) is 20.8. The molecule has 0 aliphatic rings. The van der Waals surface area contributed by atoms with Gasteiger partial charge < -0.3 is 23.7 Å². The van der Waals surface area contributed by atoms with Crippen LogP contribution in [0.15, 0.2) is 29.2 Å². The summed E-state index contributed by atoms with van der Waals surface area (Å²) in [5.41, 5.74) is 0.608. The van der Waals surface area contributed by atoms with Gasteiger partial charge in [0.2, 0.25) is 0 Å². The summed E-state index contributed by atoms with van der Waals surface area (Å²) < 4.78 is 54.0. The first-order chi connectivity index (χ1) is 15.5. The van der Waals surface area contributed by atoms with Crippen molar-refractivity contribution in [2.75, 3.05) is 60.0 Å². The molecule has 0 aliphatic carbocycles. The van der Waals surface area contributed by atoms with Gasteiger partial charge in [0.1, 0.15) is 5.60 Å². The third-order valence-electron chi connectivity index (χ3n) is 3.65. The first kappa shape index (κ1) is 31.4. The van der Waals surface area contributed by atoms with Gasteiger partial charge in [0.05, 0.1) is 57.6 Å². The van der Waals surface area contributed by atoms with Crippen molar-refractivity contribution in [3.05, 3.63) is 29.8 Å². The van der Waals surface area contributed by atoms with Crippen LogP contribution in [0.2, 0.25) is 0 Å². The zero-order chi connectivity index (χ0) is 25.2. The van der Waals surface area contributed by atoms with Crippen LogP contribution in [0.4, 0.5) is 0 Å². The molecule has 0 heterocycles. The fourth-order valence-electron chi connectivity index (χ4n) is 2.14. The molecule has 1 aromatic carbocycles. The van der Waals surface area contributed by atoms with E-state index in [1.165, 1.54) is 12.1 Å². The summed E-state index contributed by atoms with van der Waals surface area (Å²) in [7, 11) is -2.15. The van der Waals surface area contributed by atoms with E-state index < -0.39 is 10.1 Å². The van der Waals surface area contributed by atoms with Crippen LogP contribution in [0.3, 0.4) is 0 Å². The Kier molecular flexibility index (Phi) is 17.0. The smallest absolute Gasteiger partial charge is 0.308 e. The molecule has 0 aliphatic heterocycles. The quantitative estimate of drug-likeness (QED) is 0.207. The van der Waals surface area contributed by atoms with Gasteiger partial charge in [-0.05, 0) is 46.8 Å². The normalized spacial score (nSPS) is 11.6. The van der Waals surface area contributed by atoms with Crippen LogP contribution >= 0.6 is 0 Å². The third-order valence-corrected chi connectivity index (χ3v) is 4.98. The van der Waals surface area contributed by atoms with E-state index in [1.807, 2.05) is 34.6 Å². The molecule has 0 bridgehead atoms. The van der Waals surface area contributed by atoms with Crippen LogP contribution in [0.25, 0.3) is 0 Å². The lowest BCUT2D eigenvalue weighted by Gasteiger charge is -2.19. The molecule has 1 aromatic rings. The Morgan fingerprint density at radius 3 is 1.85 bits per heavy atom. The van der Waals surface area contributed by atoms with Gasteiger partial charge in [-0.25, -0.2) is 0 Å². The molecule has 0 fully saturated rings. The molecule has 0 atom stereocenters. The van der Waals surface area contributed by atoms with Gasteiger partial charge in [0.25, 0.3) is 10.1 Å². The second kappa shape index (κ2) is 17.9. The number of methoxy groups -OCH3 is 1. The fourth-order valence-corrected chi connectivity index (χ4v) is 3.03. The minimum absolute atomic E-state index is 0.0187. The number of carbonyl (C=O) groups is 1. The molecule has 0 N–H and O–H groups in total. The predicted molar refractivity (Wildman–Crippen MR) is 125 cm³/mol. The van der Waals surface area contributed by atoms with Gasteiger partial charge >= 0.3 is 5.97 Å². The number of aryl methyl sites for hydroxylation is 1. The number of benzene rings is 1. The summed E-state index contributed by atoms with van der Waals surface area (Å²) >= 11 is 0. The van der Waals surface area contributed by atoms with E-state index in [9.17, 15) is 13.2 Å². The Labute approximate surface area is 198 Å². The van der Waals surface area contributed by atoms with Crippen LogP contribution in [0, 0.1) is 6.92 Å². The van der Waals surface area contributed by atoms with E-state index in [0.717, 1.165) is 5.56 Å². The van der Waals surface area contributed by atoms with Crippen molar-refractivity contribution in [3.8, 4) is 0 Å². The molecule has 1 rings (SSSR count). The molecule has 192 valence electrons. The van der Waals surface area contributed by atoms with Crippen LogP contribution < -0.4 is 0 Å². The highest BCUT2D eigenvalue weighted by Gasteiger charge is 2.15. The molecule has 0 saturated heterocycles. The summed E-state index contributed by atoms with van der Waals surface area (Å²) in [4.78, 5) is 11.1. The lowest BCUT2D eigenvalue weighted by atomic mass is 10.2. The third kappa shape index (κ3) is 18.5. The number of ether oxygens (including phenoxy) is 5. The fraction of sp³-hybridized carbons (Fsp3) is 0.696. The van der Waals surface area contributed by atoms with Crippen molar-refractivity contribution >= 4 is 16.1 Å². The number of hydrogen-bond acceptors (Lipinski definition) is 9. The van der Waals surface area contributed by atoms with E-state index in [2.05, 4.69) is 0 Å². The molecule has 0 spiro atoms. The Balaban J connectivity index is 0.000000785. The topological polar surface area (TPSA) is 107 Å². The summed E-state index contributed by atoms with van der Waals surface area (Å²) in [5, 5.41) is 0. The van der Waals surface area contributed by atoms with E-state index in [4.69, 9.17) is 27.9 Å². The van der Waals surface area contributed by atoms with Crippen molar-refractivity contribution in [1.29, 1.82) is 0 Å². The highest BCUT2D eigenvalue weighted by molar-refractivity contribution is 7.86. The van der Waals surface area contributed by atoms with E-state index in [0.29, 0.717) is 46.1 Å². The first-order valence-electron chi connectivity index (χ1n) is 10.9. The highest BCUT2D eigenvalue weighted by Crippen LogP contribution is 2.13. The van der Waals surface area contributed by atoms with E-state index >= 15 is 0 Å². The Morgan fingerprint density at radius 2 is 1.36 bits per heavy atom. The van der Waals surface area contributed by atoms with Gasteiger partial charge in [-0.3, -0.25) is 8.98 Å². The molecule has 9 nitrogen and oxygen atoms in total. The van der Waals surface area contributed by atoms with Crippen LogP contribution in [-0.4, -0.2) is 80.0 Å². The predicted octanol–water partition coefficient (Wildman–Crippen LogP) is 3.13. The van der Waals surface area contributed by atoms with Crippen LogP contribution in [-0.2, 0) is 42.8 Å². The number of rotatable bonds is 15. The second-order valence-corrected chi connectivity index (χ2v) is 9.46. The van der Waals surface area contributed by atoms with E-state index in [-0.39, 0.29) is 29.7 Å². The Bertz CT molecular complexity index is 725. The van der Waals surface area contributed by atoms with Crippen LogP contribution in [0.1, 0.15) is 39.7 Å². The lowest BCUT2D eigenvalue weighted by molar-refractivity contribution is -0.155. The lowest BCUT2D eigenvalue weighted by Crippen LogP contribution is -2.24. The SMILES string of the molecule is CCOCCOCCOCCOS(=O)(=O)c1ccc(C)cc1.COCCC(=O)OC(C)(C)C. The Morgan fingerprint density at radius 1 is 0.848 bits per heavy atom. The molecule has 0 unspecified atom stereocenters. The average molecular weight is 493 g/mol. The molecule has 0 saturated carbocycles. The number of esters is 1. The minimum atomic E-state index is -3.71. The minimum Gasteiger partial charge on any atom is -0.460 e. The molecule has 0 radical (unpaired) electrons. The molecule has 10 heteroatoms. The zero-order valence-corrected chi connectivity index (χ0v) is 21.6. The number of carbonyl (C=O) groups excluding carboxylic acids is 1. The van der Waals surface area contributed by atoms with E-state index in [1.54, 1.807) is 19.2 Å². The Hall–Kier alpha value is -1.56. The summed E-state index contributed by atoms with van der Waals surface area (Å²) in [6, 6.07) is 6.51. The van der Waals surface area contributed by atoms with Gasteiger partial charge in [0.15, 0.2) is 0 Å². The largest absolute Gasteiger partial charge is 0.460 e. The van der Waals surface area contributed by atoms with Crippen molar-refractivity contribution in [2.24, 2.45) is 0 Å². The maximum Gasteiger partial charge on any atom is 0.308 e. The number of hydrogen-bond donors (Lipinski definition) is 0. The maximum absolute atomic E-state index is 11.9. The van der Waals surface area contributed by atoms with Gasteiger partial charge in [-0.2, -0.15) is 8.42 Å². The second-order valence-electron chi connectivity index (χ2n) is 7.84. The average Bonchev–Trinajstić information content (AvgIpc) is 2.73. The van der Waals surface area contributed by atoms with Crippen molar-refractivity contribution in [3.63, 3.8) is 0 Å². The molecule has 0 amide bonds. The summed E-state index contributed by atoms with van der Waals surface area (Å²) in [5.74, 6) is -0.209. The molecular weight excluding hydrogens is 452 g/mol. The summed E-state index contributed by atoms with van der Waals surface area (Å²) in [6.45, 7) is 12.5. The highest BCUT2D eigenvalue weighted by atomic mass is 32.2. The molecular formula is C23H40O9S. The van der Waals surface area contributed by atoms with Gasteiger partial charge in [-0.15, -0.1) is 0 Å². The van der Waals surface area contributed by atoms with Crippen LogP contribution in [0.5, 0.6) is 0 Å². The van der Waals surface area contributed by atoms with Crippen molar-refractivity contribution in [2.45, 2.75) is 51.5 Å². The molecule has 0 aromatic heterocycles. The first-order valence-corrected chi connectivity index (χ1v) is 12.3. The standard InChI is InChI=1S/C15H24O6S.C8H16O3/c1-3-18-8-9-19-10-11-20-12-13-21-22(16,17)15-6-4-14(2)5-7-15;1-8(2,3)11-7(9)5-6-10-4/h4-7H,3,8-13H2,1-2H3;5-6H2,1-4H3. The van der Waals surface area contributed by atoms with Crippen molar-refractivity contribution < 1.29 is 41.1 Å².